The molecule has 2 aromatic rings. The molecule has 1 fully saturated rings. The fourth-order valence-corrected chi connectivity index (χ4v) is 3.54. The average molecular weight is 272 g/mol. The third-order valence-corrected chi connectivity index (χ3v) is 4.74. The summed E-state index contributed by atoms with van der Waals surface area (Å²) in [4.78, 5) is 16.8. The van der Waals surface area contributed by atoms with Crippen LogP contribution in [0.1, 0.15) is 25.7 Å². The predicted molar refractivity (Wildman–Crippen MR) is 78.0 cm³/mol. The summed E-state index contributed by atoms with van der Waals surface area (Å²) in [5.41, 5.74) is 0.642. The molecule has 1 aliphatic rings. The highest BCUT2D eigenvalue weighted by Gasteiger charge is 2.33. The number of carbonyl (C=O) groups is 1. The molecule has 1 saturated carbocycles. The zero-order valence-corrected chi connectivity index (χ0v) is 11.5. The molecule has 1 aromatic heterocycles. The second-order valence-electron chi connectivity index (χ2n) is 5.02. The van der Waals surface area contributed by atoms with Gasteiger partial charge in [-0.15, -0.1) is 0 Å². The minimum atomic E-state index is -0.346. The van der Waals surface area contributed by atoms with Gasteiger partial charge < -0.3 is 4.79 Å². The first-order valence-corrected chi connectivity index (χ1v) is 7.39. The van der Waals surface area contributed by atoms with Gasteiger partial charge in [0.2, 0.25) is 0 Å². The fraction of sp³-hybridized carbons (Fsp3) is 0.333. The quantitative estimate of drug-likeness (QED) is 0.684. The molecule has 98 valence electrons. The molecular formula is C15H16N2OS. The summed E-state index contributed by atoms with van der Waals surface area (Å²) in [6.07, 6.45) is 6.99. The zero-order chi connectivity index (χ0) is 13.1. The Morgan fingerprint density at radius 3 is 2.79 bits per heavy atom. The third kappa shape index (κ3) is 2.51. The number of hydrogen-bond donors (Lipinski definition) is 1. The molecule has 0 amide bonds. The van der Waals surface area contributed by atoms with E-state index in [-0.39, 0.29) is 5.54 Å². The van der Waals surface area contributed by atoms with Gasteiger partial charge in [-0.3, -0.25) is 4.98 Å². The number of rotatable bonds is 4. The van der Waals surface area contributed by atoms with Crippen molar-refractivity contribution in [2.75, 3.05) is 0 Å². The Morgan fingerprint density at radius 1 is 1.21 bits per heavy atom. The monoisotopic (exact) mass is 272 g/mol. The van der Waals surface area contributed by atoms with Crippen LogP contribution in [0.25, 0.3) is 10.9 Å². The van der Waals surface area contributed by atoms with Gasteiger partial charge in [0, 0.05) is 16.5 Å². The van der Waals surface area contributed by atoms with Crippen LogP contribution in [0.5, 0.6) is 0 Å². The largest absolute Gasteiger partial charge is 0.301 e. The number of fused-ring (bicyclic) bond motifs is 1. The molecule has 1 heterocycles. The summed E-state index contributed by atoms with van der Waals surface area (Å²) < 4.78 is 3.36. The number of carbonyl (C=O) groups excluding carboxylic acids is 1. The van der Waals surface area contributed by atoms with E-state index >= 15 is 0 Å². The lowest BCUT2D eigenvalue weighted by molar-refractivity contribution is -0.112. The smallest absolute Gasteiger partial charge is 0.140 e. The van der Waals surface area contributed by atoms with Gasteiger partial charge in [-0.05, 0) is 36.9 Å². The van der Waals surface area contributed by atoms with Crippen molar-refractivity contribution in [1.82, 2.24) is 9.71 Å². The number of hydrogen-bond acceptors (Lipinski definition) is 4. The molecule has 3 nitrogen and oxygen atoms in total. The minimum absolute atomic E-state index is 0.346. The third-order valence-electron chi connectivity index (χ3n) is 3.68. The number of aldehydes is 1. The van der Waals surface area contributed by atoms with Crippen molar-refractivity contribution in [3.8, 4) is 0 Å². The maximum absolute atomic E-state index is 11.3. The van der Waals surface area contributed by atoms with Gasteiger partial charge in [-0.25, -0.2) is 4.72 Å². The van der Waals surface area contributed by atoms with E-state index in [9.17, 15) is 4.79 Å². The minimum Gasteiger partial charge on any atom is -0.301 e. The van der Waals surface area contributed by atoms with Gasteiger partial charge in [-0.1, -0.05) is 31.0 Å². The van der Waals surface area contributed by atoms with Gasteiger partial charge in [0.25, 0.3) is 0 Å². The van der Waals surface area contributed by atoms with Crippen molar-refractivity contribution in [3.63, 3.8) is 0 Å². The molecule has 0 saturated heterocycles. The summed E-state index contributed by atoms with van der Waals surface area (Å²) in [5.74, 6) is 0. The lowest BCUT2D eigenvalue weighted by Gasteiger charge is -2.22. The first kappa shape index (κ1) is 12.6. The molecule has 0 atom stereocenters. The highest BCUT2D eigenvalue weighted by Crippen LogP contribution is 2.32. The van der Waals surface area contributed by atoms with E-state index in [1.807, 2.05) is 18.2 Å². The van der Waals surface area contributed by atoms with Gasteiger partial charge in [0.05, 0.1) is 11.1 Å². The van der Waals surface area contributed by atoms with E-state index in [0.717, 1.165) is 47.8 Å². The normalized spacial score (nSPS) is 17.7. The Labute approximate surface area is 116 Å². The van der Waals surface area contributed by atoms with Gasteiger partial charge in [0.15, 0.2) is 0 Å². The number of aromatic nitrogens is 1. The molecular weight excluding hydrogens is 256 g/mol. The van der Waals surface area contributed by atoms with Crippen LogP contribution >= 0.6 is 11.9 Å². The Kier molecular flexibility index (Phi) is 3.53. The molecule has 0 radical (unpaired) electrons. The van der Waals surface area contributed by atoms with E-state index in [2.05, 4.69) is 21.8 Å². The van der Waals surface area contributed by atoms with Crippen molar-refractivity contribution in [2.45, 2.75) is 36.1 Å². The standard InChI is InChI=1S/C15H16N2OS/c18-11-15(8-1-2-9-15)17-19-13-7-3-5-12-6-4-10-16-14(12)13/h3-7,10-11,17H,1-2,8-9H2. The van der Waals surface area contributed by atoms with Crippen molar-refractivity contribution in [3.05, 3.63) is 36.5 Å². The van der Waals surface area contributed by atoms with Crippen LogP contribution < -0.4 is 4.72 Å². The Bertz CT molecular complexity index is 588. The molecule has 0 unspecified atom stereocenters. The average Bonchev–Trinajstić information content (AvgIpc) is 2.94. The maximum Gasteiger partial charge on any atom is 0.140 e. The second kappa shape index (κ2) is 5.31. The van der Waals surface area contributed by atoms with Crippen LogP contribution in [0.15, 0.2) is 41.4 Å². The molecule has 4 heteroatoms. The maximum atomic E-state index is 11.3. The number of para-hydroxylation sites is 1. The van der Waals surface area contributed by atoms with Gasteiger partial charge in [0.1, 0.15) is 6.29 Å². The summed E-state index contributed by atoms with van der Waals surface area (Å²) >= 11 is 1.53. The number of nitrogens with one attached hydrogen (secondary N) is 1. The first-order valence-electron chi connectivity index (χ1n) is 6.57. The number of pyridine rings is 1. The SMILES string of the molecule is O=CC1(NSc2cccc3cccnc23)CCCC1. The second-order valence-corrected chi connectivity index (χ2v) is 5.86. The van der Waals surface area contributed by atoms with Crippen LogP contribution in [0, 0.1) is 0 Å². The van der Waals surface area contributed by atoms with Crippen molar-refractivity contribution in [1.29, 1.82) is 0 Å². The van der Waals surface area contributed by atoms with Crippen LogP contribution in [0.3, 0.4) is 0 Å². The van der Waals surface area contributed by atoms with E-state index < -0.39 is 0 Å². The summed E-state index contributed by atoms with van der Waals surface area (Å²) in [5, 5.41) is 1.13. The zero-order valence-electron chi connectivity index (χ0n) is 10.6. The summed E-state index contributed by atoms with van der Waals surface area (Å²) in [6.45, 7) is 0. The summed E-state index contributed by atoms with van der Waals surface area (Å²) in [6, 6.07) is 10.1. The van der Waals surface area contributed by atoms with Crippen LogP contribution in [0.2, 0.25) is 0 Å². The van der Waals surface area contributed by atoms with E-state index in [0.29, 0.717) is 0 Å². The van der Waals surface area contributed by atoms with Crippen molar-refractivity contribution in [2.24, 2.45) is 0 Å². The van der Waals surface area contributed by atoms with Gasteiger partial charge in [-0.2, -0.15) is 0 Å². The van der Waals surface area contributed by atoms with Crippen molar-refractivity contribution >= 4 is 29.1 Å². The first-order chi connectivity index (χ1) is 9.33. The highest BCUT2D eigenvalue weighted by molar-refractivity contribution is 7.97. The Hall–Kier alpha value is -1.39. The Morgan fingerprint density at radius 2 is 2.00 bits per heavy atom. The van der Waals surface area contributed by atoms with Crippen LogP contribution in [-0.2, 0) is 4.79 Å². The van der Waals surface area contributed by atoms with Crippen molar-refractivity contribution < 1.29 is 4.79 Å². The molecule has 0 spiro atoms. The Balaban J connectivity index is 1.84. The molecule has 0 aliphatic heterocycles. The molecule has 1 aromatic carbocycles. The topological polar surface area (TPSA) is 42.0 Å². The molecule has 1 N–H and O–H groups in total. The van der Waals surface area contributed by atoms with Crippen LogP contribution in [-0.4, -0.2) is 16.8 Å². The number of nitrogens with zero attached hydrogens (tertiary/aromatic N) is 1. The van der Waals surface area contributed by atoms with E-state index in [4.69, 9.17) is 0 Å². The summed E-state index contributed by atoms with van der Waals surface area (Å²) in [7, 11) is 0. The molecule has 19 heavy (non-hydrogen) atoms. The molecule has 1 aliphatic carbocycles. The lowest BCUT2D eigenvalue weighted by atomic mass is 10.0. The lowest BCUT2D eigenvalue weighted by Crippen LogP contribution is -2.39. The number of benzene rings is 1. The molecule has 3 rings (SSSR count). The van der Waals surface area contributed by atoms with E-state index in [1.54, 1.807) is 6.20 Å². The fourth-order valence-electron chi connectivity index (χ4n) is 2.57. The predicted octanol–water partition coefficient (Wildman–Crippen LogP) is 3.34. The van der Waals surface area contributed by atoms with Gasteiger partial charge >= 0.3 is 0 Å². The highest BCUT2D eigenvalue weighted by atomic mass is 32.2. The molecule has 0 bridgehead atoms. The van der Waals surface area contributed by atoms with Crippen LogP contribution in [0.4, 0.5) is 0 Å². The van der Waals surface area contributed by atoms with E-state index in [1.165, 1.54) is 11.9 Å².